The molecular formula is C21H18ClNO4. The smallest absolute Gasteiger partial charge is 0.343 e. The standard InChI is InChI=1S/C21H18ClNO4/c22-14-7-5-13(6-8-14)21(26)27-16-11-9-15(10-12-16)23-19(24)17-3-1-2-4-18(17)20(23)25/h5-12,17-18H,1-4H2. The Morgan fingerprint density at radius 2 is 1.44 bits per heavy atom. The van der Waals surface area contributed by atoms with E-state index < -0.39 is 5.97 Å². The first-order valence-electron chi connectivity index (χ1n) is 9.00. The van der Waals surface area contributed by atoms with Crippen molar-refractivity contribution in [2.45, 2.75) is 25.7 Å². The van der Waals surface area contributed by atoms with E-state index in [4.69, 9.17) is 16.3 Å². The summed E-state index contributed by atoms with van der Waals surface area (Å²) in [6.45, 7) is 0. The summed E-state index contributed by atoms with van der Waals surface area (Å²) in [5.74, 6) is -0.762. The van der Waals surface area contributed by atoms with E-state index in [9.17, 15) is 14.4 Å². The first kappa shape index (κ1) is 17.7. The lowest BCUT2D eigenvalue weighted by molar-refractivity contribution is -0.122. The third kappa shape index (κ3) is 3.35. The van der Waals surface area contributed by atoms with Crippen LogP contribution in [0.4, 0.5) is 5.69 Å². The van der Waals surface area contributed by atoms with Crippen molar-refractivity contribution in [1.29, 1.82) is 0 Å². The summed E-state index contributed by atoms with van der Waals surface area (Å²) < 4.78 is 5.34. The van der Waals surface area contributed by atoms with Crippen molar-refractivity contribution in [3.63, 3.8) is 0 Å². The molecule has 1 saturated heterocycles. The summed E-state index contributed by atoms with van der Waals surface area (Å²) in [6.07, 6.45) is 3.55. The zero-order valence-electron chi connectivity index (χ0n) is 14.6. The van der Waals surface area contributed by atoms with E-state index in [0.29, 0.717) is 22.0 Å². The summed E-state index contributed by atoms with van der Waals surface area (Å²) in [5, 5.41) is 0.538. The van der Waals surface area contributed by atoms with Crippen molar-refractivity contribution in [2.24, 2.45) is 11.8 Å². The third-order valence-electron chi connectivity index (χ3n) is 5.23. The van der Waals surface area contributed by atoms with Crippen LogP contribution >= 0.6 is 11.6 Å². The molecule has 0 radical (unpaired) electrons. The molecule has 6 heteroatoms. The van der Waals surface area contributed by atoms with Gasteiger partial charge in [0.25, 0.3) is 0 Å². The van der Waals surface area contributed by atoms with Crippen LogP contribution in [0.3, 0.4) is 0 Å². The number of nitrogens with zero attached hydrogens (tertiary/aromatic N) is 1. The van der Waals surface area contributed by atoms with Crippen molar-refractivity contribution >= 4 is 35.1 Å². The van der Waals surface area contributed by atoms with Crippen LogP contribution in [0.25, 0.3) is 0 Å². The number of carbonyl (C=O) groups excluding carboxylic acids is 3. The molecule has 27 heavy (non-hydrogen) atoms. The number of imide groups is 1. The number of anilines is 1. The lowest BCUT2D eigenvalue weighted by Crippen LogP contribution is -2.30. The molecule has 2 atom stereocenters. The van der Waals surface area contributed by atoms with E-state index in [2.05, 4.69) is 0 Å². The van der Waals surface area contributed by atoms with Gasteiger partial charge in [-0.2, -0.15) is 0 Å². The molecule has 2 aromatic rings. The highest BCUT2D eigenvalue weighted by Crippen LogP contribution is 2.40. The van der Waals surface area contributed by atoms with Gasteiger partial charge in [-0.25, -0.2) is 4.79 Å². The van der Waals surface area contributed by atoms with Gasteiger partial charge in [0.2, 0.25) is 11.8 Å². The number of rotatable bonds is 3. The topological polar surface area (TPSA) is 63.7 Å². The summed E-state index contributed by atoms with van der Waals surface area (Å²) in [4.78, 5) is 38.7. The van der Waals surface area contributed by atoms with Gasteiger partial charge in [0.15, 0.2) is 0 Å². The van der Waals surface area contributed by atoms with Gasteiger partial charge in [0.05, 0.1) is 23.1 Å². The molecule has 1 aliphatic carbocycles. The van der Waals surface area contributed by atoms with Crippen molar-refractivity contribution in [3.05, 3.63) is 59.1 Å². The van der Waals surface area contributed by atoms with E-state index in [0.717, 1.165) is 25.7 Å². The van der Waals surface area contributed by atoms with E-state index in [1.54, 1.807) is 48.5 Å². The highest BCUT2D eigenvalue weighted by molar-refractivity contribution is 6.30. The second-order valence-corrected chi connectivity index (χ2v) is 7.34. The van der Waals surface area contributed by atoms with Crippen molar-refractivity contribution in [1.82, 2.24) is 0 Å². The maximum atomic E-state index is 12.6. The van der Waals surface area contributed by atoms with Gasteiger partial charge >= 0.3 is 5.97 Å². The maximum Gasteiger partial charge on any atom is 0.343 e. The van der Waals surface area contributed by atoms with E-state index in [-0.39, 0.29) is 23.7 Å². The Kier molecular flexibility index (Phi) is 4.70. The molecule has 0 bridgehead atoms. The predicted octanol–water partition coefficient (Wildman–Crippen LogP) is 4.24. The number of amides is 2. The molecule has 0 aromatic heterocycles. The Hall–Kier alpha value is -2.66. The van der Waals surface area contributed by atoms with Crippen LogP contribution in [0.2, 0.25) is 5.02 Å². The Bertz CT molecular complexity index is 867. The molecule has 138 valence electrons. The minimum absolute atomic E-state index is 0.115. The highest BCUT2D eigenvalue weighted by Gasteiger charge is 2.48. The molecule has 2 aliphatic rings. The predicted molar refractivity (Wildman–Crippen MR) is 101 cm³/mol. The number of fused-ring (bicyclic) bond motifs is 1. The van der Waals surface area contributed by atoms with Crippen molar-refractivity contribution < 1.29 is 19.1 Å². The third-order valence-corrected chi connectivity index (χ3v) is 5.48. The molecule has 4 rings (SSSR count). The van der Waals surface area contributed by atoms with Crippen LogP contribution in [0.1, 0.15) is 36.0 Å². The summed E-state index contributed by atoms with van der Waals surface area (Å²) >= 11 is 5.81. The monoisotopic (exact) mass is 383 g/mol. The maximum absolute atomic E-state index is 12.6. The van der Waals surface area contributed by atoms with E-state index >= 15 is 0 Å². The average Bonchev–Trinajstić information content (AvgIpc) is 2.94. The molecule has 2 unspecified atom stereocenters. The first-order valence-corrected chi connectivity index (χ1v) is 9.38. The minimum atomic E-state index is -0.501. The molecule has 1 heterocycles. The number of hydrogen-bond donors (Lipinski definition) is 0. The Morgan fingerprint density at radius 3 is 2.00 bits per heavy atom. The number of esters is 1. The molecule has 5 nitrogen and oxygen atoms in total. The average molecular weight is 384 g/mol. The molecule has 1 aliphatic heterocycles. The molecule has 0 spiro atoms. The van der Waals surface area contributed by atoms with E-state index in [1.165, 1.54) is 4.90 Å². The Morgan fingerprint density at radius 1 is 0.889 bits per heavy atom. The second kappa shape index (κ2) is 7.16. The van der Waals surface area contributed by atoms with Crippen molar-refractivity contribution in [3.8, 4) is 5.75 Å². The van der Waals surface area contributed by atoms with Crippen LogP contribution in [0.5, 0.6) is 5.75 Å². The van der Waals surface area contributed by atoms with Gasteiger partial charge in [0.1, 0.15) is 5.75 Å². The van der Waals surface area contributed by atoms with E-state index in [1.807, 2.05) is 0 Å². The van der Waals surface area contributed by atoms with Crippen LogP contribution in [-0.2, 0) is 9.59 Å². The SMILES string of the molecule is O=C(Oc1ccc(N2C(=O)C3CCCCC3C2=O)cc1)c1ccc(Cl)cc1. The normalized spacial score (nSPS) is 21.9. The zero-order chi connectivity index (χ0) is 19.0. The molecular weight excluding hydrogens is 366 g/mol. The highest BCUT2D eigenvalue weighted by atomic mass is 35.5. The number of carbonyl (C=O) groups is 3. The fourth-order valence-electron chi connectivity index (χ4n) is 3.83. The lowest BCUT2D eigenvalue weighted by Gasteiger charge is -2.19. The lowest BCUT2D eigenvalue weighted by atomic mass is 9.81. The van der Waals surface area contributed by atoms with Gasteiger partial charge in [-0.15, -0.1) is 0 Å². The second-order valence-electron chi connectivity index (χ2n) is 6.90. The van der Waals surface area contributed by atoms with Gasteiger partial charge in [-0.1, -0.05) is 24.4 Å². The van der Waals surface area contributed by atoms with Crippen molar-refractivity contribution in [2.75, 3.05) is 4.90 Å². The summed E-state index contributed by atoms with van der Waals surface area (Å²) in [6, 6.07) is 12.9. The molecule has 0 N–H and O–H groups in total. The first-order chi connectivity index (χ1) is 13.0. The fraction of sp³-hybridized carbons (Fsp3) is 0.286. The van der Waals surface area contributed by atoms with Gasteiger partial charge in [-0.05, 0) is 61.4 Å². The Labute approximate surface area is 161 Å². The molecule has 2 aromatic carbocycles. The Balaban J connectivity index is 1.49. The quantitative estimate of drug-likeness (QED) is 0.452. The van der Waals surface area contributed by atoms with Gasteiger partial charge in [-0.3, -0.25) is 14.5 Å². The van der Waals surface area contributed by atoms with Gasteiger partial charge in [0, 0.05) is 5.02 Å². The summed E-state index contributed by atoms with van der Waals surface area (Å²) in [5.41, 5.74) is 0.906. The zero-order valence-corrected chi connectivity index (χ0v) is 15.3. The van der Waals surface area contributed by atoms with Gasteiger partial charge < -0.3 is 4.74 Å². The van der Waals surface area contributed by atoms with Crippen LogP contribution < -0.4 is 9.64 Å². The van der Waals surface area contributed by atoms with Crippen LogP contribution in [0.15, 0.2) is 48.5 Å². The van der Waals surface area contributed by atoms with Crippen LogP contribution in [-0.4, -0.2) is 17.8 Å². The number of benzene rings is 2. The fourth-order valence-corrected chi connectivity index (χ4v) is 3.96. The number of hydrogen-bond acceptors (Lipinski definition) is 4. The van der Waals surface area contributed by atoms with Crippen LogP contribution in [0, 0.1) is 11.8 Å². The number of halogens is 1. The molecule has 2 fully saturated rings. The molecule has 2 amide bonds. The summed E-state index contributed by atoms with van der Waals surface area (Å²) in [7, 11) is 0. The molecule has 1 saturated carbocycles. The minimum Gasteiger partial charge on any atom is -0.423 e. The largest absolute Gasteiger partial charge is 0.423 e. The number of ether oxygens (including phenoxy) is 1.